The number of methoxy groups -OCH3 is 1. The van der Waals surface area contributed by atoms with Gasteiger partial charge in [-0.3, -0.25) is 9.59 Å². The van der Waals surface area contributed by atoms with Crippen molar-refractivity contribution in [1.29, 1.82) is 0 Å². The molecule has 0 spiro atoms. The van der Waals surface area contributed by atoms with Crippen molar-refractivity contribution >= 4 is 41.7 Å². The minimum Gasteiger partial charge on any atom is -0.493 e. The van der Waals surface area contributed by atoms with Crippen LogP contribution >= 0.6 is 11.6 Å². The van der Waals surface area contributed by atoms with E-state index in [0.717, 1.165) is 0 Å². The molecule has 0 bridgehead atoms. The highest BCUT2D eigenvalue weighted by Crippen LogP contribution is 2.33. The van der Waals surface area contributed by atoms with E-state index in [1.807, 2.05) is 0 Å². The smallest absolute Gasteiger partial charge is 0.343 e. The normalized spacial score (nSPS) is 12.1. The van der Waals surface area contributed by atoms with Crippen LogP contribution in [-0.2, 0) is 4.79 Å². The highest BCUT2D eigenvalue weighted by Gasteiger charge is 2.17. The summed E-state index contributed by atoms with van der Waals surface area (Å²) < 4.78 is 21.6. The van der Waals surface area contributed by atoms with Gasteiger partial charge in [0, 0.05) is 10.6 Å². The molecule has 11 heteroatoms. The zero-order valence-electron chi connectivity index (χ0n) is 22.7. The number of hydrogen-bond acceptors (Lipinski definition) is 8. The topological polar surface area (TPSA) is 125 Å². The Hall–Kier alpha value is -5.61. The number of nitrogens with zero attached hydrogens (tertiary/aromatic N) is 1. The van der Waals surface area contributed by atoms with Crippen molar-refractivity contribution in [3.8, 4) is 23.0 Å². The first-order chi connectivity index (χ1) is 20.9. The van der Waals surface area contributed by atoms with Crippen molar-refractivity contribution < 1.29 is 33.3 Å². The Balaban J connectivity index is 1.30. The summed E-state index contributed by atoms with van der Waals surface area (Å²) in [5, 5.41) is 7.17. The van der Waals surface area contributed by atoms with Gasteiger partial charge in [0.25, 0.3) is 11.8 Å². The monoisotopic (exact) mass is 597 g/mol. The van der Waals surface area contributed by atoms with Crippen LogP contribution < -0.4 is 29.7 Å². The molecule has 1 aliphatic rings. The van der Waals surface area contributed by atoms with Gasteiger partial charge in [0.15, 0.2) is 23.0 Å². The van der Waals surface area contributed by atoms with E-state index in [1.165, 1.54) is 19.4 Å². The first-order valence-corrected chi connectivity index (χ1v) is 13.2. The highest BCUT2D eigenvalue weighted by atomic mass is 35.5. The number of fused-ring (bicyclic) bond motifs is 1. The fourth-order valence-corrected chi connectivity index (χ4v) is 4.06. The van der Waals surface area contributed by atoms with E-state index in [4.69, 9.17) is 30.5 Å². The second-order valence-electron chi connectivity index (χ2n) is 9.00. The van der Waals surface area contributed by atoms with Gasteiger partial charge in [-0.05, 0) is 83.9 Å². The van der Waals surface area contributed by atoms with E-state index in [-0.39, 0.29) is 24.0 Å². The van der Waals surface area contributed by atoms with Gasteiger partial charge in [0.1, 0.15) is 5.70 Å². The summed E-state index contributed by atoms with van der Waals surface area (Å²) in [5.74, 6) is -0.140. The number of esters is 1. The third kappa shape index (κ3) is 7.38. The molecule has 0 atom stereocenters. The average molecular weight is 598 g/mol. The summed E-state index contributed by atoms with van der Waals surface area (Å²) in [6, 6.07) is 24.7. The standard InChI is InChI=1S/C32H24ClN3O7/c1-40-28-17-21(8-14-27(28)43-32(39)23-9-11-24(33)12-10-23)18-34-36-31(38)25(35-30(37)22-5-3-2-4-6-22)15-20-7-13-26-29(16-20)42-19-41-26/h2-18H,19H2,1H3,(H,35,37)(H,36,38)/b25-15+,34-18-. The molecule has 216 valence electrons. The Kier molecular flexibility index (Phi) is 8.99. The minimum atomic E-state index is -0.668. The fourth-order valence-electron chi connectivity index (χ4n) is 3.93. The number of rotatable bonds is 9. The molecule has 2 amide bonds. The molecule has 0 fully saturated rings. The number of benzene rings is 4. The summed E-state index contributed by atoms with van der Waals surface area (Å²) in [6.45, 7) is 0.103. The molecule has 43 heavy (non-hydrogen) atoms. The van der Waals surface area contributed by atoms with Crippen LogP contribution in [0.5, 0.6) is 23.0 Å². The third-order valence-electron chi connectivity index (χ3n) is 6.09. The molecule has 0 aromatic heterocycles. The van der Waals surface area contributed by atoms with Gasteiger partial charge in [0.2, 0.25) is 6.79 Å². The highest BCUT2D eigenvalue weighted by molar-refractivity contribution is 6.30. The molecule has 4 aromatic rings. The lowest BCUT2D eigenvalue weighted by Crippen LogP contribution is -2.32. The van der Waals surface area contributed by atoms with Crippen LogP contribution in [0, 0.1) is 0 Å². The molecule has 0 aliphatic carbocycles. The molecule has 0 radical (unpaired) electrons. The zero-order chi connectivity index (χ0) is 30.2. The molecule has 0 unspecified atom stereocenters. The lowest BCUT2D eigenvalue weighted by atomic mass is 10.1. The average Bonchev–Trinajstić information content (AvgIpc) is 3.50. The summed E-state index contributed by atoms with van der Waals surface area (Å²) in [5.41, 5.74) is 4.21. The number of carbonyl (C=O) groups excluding carboxylic acids is 3. The summed E-state index contributed by atoms with van der Waals surface area (Å²) in [6.07, 6.45) is 2.88. The summed E-state index contributed by atoms with van der Waals surface area (Å²) in [4.78, 5) is 38.5. The lowest BCUT2D eigenvalue weighted by molar-refractivity contribution is -0.117. The van der Waals surface area contributed by atoms with E-state index in [2.05, 4.69) is 15.8 Å². The van der Waals surface area contributed by atoms with Crippen molar-refractivity contribution in [2.75, 3.05) is 13.9 Å². The van der Waals surface area contributed by atoms with Crippen molar-refractivity contribution in [1.82, 2.24) is 10.7 Å². The third-order valence-corrected chi connectivity index (χ3v) is 6.34. The van der Waals surface area contributed by atoms with Crippen LogP contribution in [0.15, 0.2) is 102 Å². The Morgan fingerprint density at radius 1 is 0.837 bits per heavy atom. The minimum absolute atomic E-state index is 0.0492. The quantitative estimate of drug-likeness (QED) is 0.0891. The maximum atomic E-state index is 13.1. The number of ether oxygens (including phenoxy) is 4. The van der Waals surface area contributed by atoms with Crippen molar-refractivity contribution in [3.63, 3.8) is 0 Å². The molecule has 1 aliphatic heterocycles. The van der Waals surface area contributed by atoms with Crippen molar-refractivity contribution in [2.45, 2.75) is 0 Å². The van der Waals surface area contributed by atoms with Gasteiger partial charge >= 0.3 is 5.97 Å². The van der Waals surface area contributed by atoms with Crippen LogP contribution in [0.25, 0.3) is 6.08 Å². The van der Waals surface area contributed by atoms with Gasteiger partial charge in [-0.15, -0.1) is 0 Å². The summed E-state index contributed by atoms with van der Waals surface area (Å²) >= 11 is 5.88. The number of amides is 2. The Labute approximate surface area is 251 Å². The SMILES string of the molecule is COc1cc(/C=N\NC(=O)/C(=C\c2ccc3c(c2)OCO3)NC(=O)c2ccccc2)ccc1OC(=O)c1ccc(Cl)cc1. The van der Waals surface area contributed by atoms with Gasteiger partial charge < -0.3 is 24.3 Å². The molecular weight excluding hydrogens is 574 g/mol. The number of nitrogens with one attached hydrogen (secondary N) is 2. The van der Waals surface area contributed by atoms with Gasteiger partial charge in [-0.25, -0.2) is 10.2 Å². The first-order valence-electron chi connectivity index (χ1n) is 12.9. The van der Waals surface area contributed by atoms with Crippen LogP contribution in [0.3, 0.4) is 0 Å². The van der Waals surface area contributed by atoms with Gasteiger partial charge in [0.05, 0.1) is 18.9 Å². The molecule has 5 rings (SSSR count). The van der Waals surface area contributed by atoms with Crippen molar-refractivity contribution in [3.05, 3.63) is 124 Å². The van der Waals surface area contributed by atoms with E-state index in [1.54, 1.807) is 91.0 Å². The predicted molar refractivity (Wildman–Crippen MR) is 160 cm³/mol. The van der Waals surface area contributed by atoms with Crippen LogP contribution in [0.2, 0.25) is 5.02 Å². The van der Waals surface area contributed by atoms with Gasteiger partial charge in [-0.2, -0.15) is 5.10 Å². The van der Waals surface area contributed by atoms with Crippen LogP contribution in [0.1, 0.15) is 31.8 Å². The second-order valence-corrected chi connectivity index (χ2v) is 9.43. The largest absolute Gasteiger partial charge is 0.493 e. The van der Waals surface area contributed by atoms with E-state index < -0.39 is 17.8 Å². The van der Waals surface area contributed by atoms with E-state index >= 15 is 0 Å². The molecule has 4 aromatic carbocycles. The van der Waals surface area contributed by atoms with Crippen LogP contribution in [-0.4, -0.2) is 37.9 Å². The molecule has 2 N–H and O–H groups in total. The Bertz CT molecular complexity index is 1720. The maximum absolute atomic E-state index is 13.1. The lowest BCUT2D eigenvalue weighted by Gasteiger charge is -2.10. The molecule has 1 heterocycles. The summed E-state index contributed by atoms with van der Waals surface area (Å²) in [7, 11) is 1.43. The maximum Gasteiger partial charge on any atom is 0.343 e. The molecule has 10 nitrogen and oxygen atoms in total. The zero-order valence-corrected chi connectivity index (χ0v) is 23.5. The number of halogens is 1. The molecule has 0 saturated heterocycles. The first kappa shape index (κ1) is 28.9. The molecule has 0 saturated carbocycles. The Morgan fingerprint density at radius 2 is 1.58 bits per heavy atom. The van der Waals surface area contributed by atoms with Gasteiger partial charge in [-0.1, -0.05) is 35.9 Å². The molecular formula is C32H24ClN3O7. The van der Waals surface area contributed by atoms with Crippen LogP contribution in [0.4, 0.5) is 0 Å². The Morgan fingerprint density at radius 3 is 2.35 bits per heavy atom. The second kappa shape index (κ2) is 13.4. The number of hydrogen-bond donors (Lipinski definition) is 2. The number of hydrazone groups is 1. The van der Waals surface area contributed by atoms with E-state index in [0.29, 0.717) is 38.8 Å². The van der Waals surface area contributed by atoms with Crippen molar-refractivity contribution in [2.24, 2.45) is 5.10 Å². The van der Waals surface area contributed by atoms with E-state index in [9.17, 15) is 14.4 Å². The fraction of sp³-hybridized carbons (Fsp3) is 0.0625. The predicted octanol–water partition coefficient (Wildman–Crippen LogP) is 5.22. The number of carbonyl (C=O) groups is 3.